The van der Waals surface area contributed by atoms with Crippen LogP contribution < -0.4 is 5.73 Å². The van der Waals surface area contributed by atoms with E-state index in [1.54, 1.807) is 6.07 Å². The number of nitrogens with zero attached hydrogens (tertiary/aromatic N) is 1. The van der Waals surface area contributed by atoms with Gasteiger partial charge in [-0.2, -0.15) is 0 Å². The molecular weight excluding hydrogens is 247 g/mol. The molecule has 2 saturated heterocycles. The Morgan fingerprint density at radius 1 is 1.32 bits per heavy atom. The fourth-order valence-electron chi connectivity index (χ4n) is 3.29. The third kappa shape index (κ3) is 2.08. The van der Waals surface area contributed by atoms with E-state index in [1.165, 1.54) is 12.1 Å². The van der Waals surface area contributed by atoms with Gasteiger partial charge in [0.25, 0.3) is 5.91 Å². The first-order valence-corrected chi connectivity index (χ1v) is 6.62. The number of nitrogen functional groups attached to an aromatic ring is 1. The Morgan fingerprint density at radius 3 is 2.53 bits per heavy atom. The smallest absolute Gasteiger partial charge is 0.254 e. The lowest BCUT2D eigenvalue weighted by molar-refractivity contribution is 0.0286. The van der Waals surface area contributed by atoms with Crippen LogP contribution in [0.3, 0.4) is 0 Å². The topological polar surface area (TPSA) is 66.6 Å². The number of hydrogen-bond acceptors (Lipinski definition) is 3. The molecule has 2 fully saturated rings. The molecule has 2 unspecified atom stereocenters. The summed E-state index contributed by atoms with van der Waals surface area (Å²) in [5.74, 6) is -0.714. The van der Waals surface area contributed by atoms with Crippen molar-refractivity contribution >= 4 is 11.6 Å². The van der Waals surface area contributed by atoms with Crippen molar-refractivity contribution in [3.63, 3.8) is 0 Å². The predicted molar refractivity (Wildman–Crippen MR) is 69.0 cm³/mol. The van der Waals surface area contributed by atoms with Gasteiger partial charge in [-0.1, -0.05) is 0 Å². The zero-order valence-corrected chi connectivity index (χ0v) is 10.6. The molecule has 2 heterocycles. The molecule has 2 aliphatic heterocycles. The number of aliphatic hydroxyl groups excluding tert-OH is 1. The van der Waals surface area contributed by atoms with Crippen molar-refractivity contribution in [3.8, 4) is 0 Å². The molecule has 0 saturated carbocycles. The third-order valence-electron chi connectivity index (χ3n) is 4.19. The Morgan fingerprint density at radius 2 is 1.95 bits per heavy atom. The lowest BCUT2D eigenvalue weighted by Crippen LogP contribution is -2.48. The van der Waals surface area contributed by atoms with E-state index in [-0.39, 0.29) is 29.8 Å². The van der Waals surface area contributed by atoms with E-state index in [9.17, 15) is 14.3 Å². The van der Waals surface area contributed by atoms with Crippen molar-refractivity contribution in [1.29, 1.82) is 0 Å². The number of halogens is 1. The van der Waals surface area contributed by atoms with Crippen molar-refractivity contribution in [1.82, 2.24) is 4.90 Å². The van der Waals surface area contributed by atoms with E-state index >= 15 is 0 Å². The summed E-state index contributed by atoms with van der Waals surface area (Å²) in [6.45, 7) is 0. The first-order chi connectivity index (χ1) is 9.06. The van der Waals surface area contributed by atoms with Gasteiger partial charge in [0.15, 0.2) is 0 Å². The zero-order valence-electron chi connectivity index (χ0n) is 10.6. The standard InChI is InChI=1S/C14H17FN2O2/c15-12-5-8(1-4-13(12)16)14(19)17-9-2-3-10(17)7-11(18)6-9/h1,4-5,9-11,18H,2-3,6-7,16H2. The molecule has 0 radical (unpaired) electrons. The molecule has 19 heavy (non-hydrogen) atoms. The Kier molecular flexibility index (Phi) is 2.93. The Balaban J connectivity index is 1.86. The van der Waals surface area contributed by atoms with E-state index < -0.39 is 5.82 Å². The highest BCUT2D eigenvalue weighted by Crippen LogP contribution is 2.36. The van der Waals surface area contributed by atoms with Gasteiger partial charge in [-0.05, 0) is 43.9 Å². The SMILES string of the molecule is Nc1ccc(C(=O)N2C3CCC2CC(O)C3)cc1F. The first kappa shape index (κ1) is 12.4. The average molecular weight is 264 g/mol. The van der Waals surface area contributed by atoms with Crippen molar-refractivity contribution < 1.29 is 14.3 Å². The lowest BCUT2D eigenvalue weighted by atomic mass is 9.98. The largest absolute Gasteiger partial charge is 0.396 e. The third-order valence-corrected chi connectivity index (χ3v) is 4.19. The number of fused-ring (bicyclic) bond motifs is 2. The number of carbonyl (C=O) groups is 1. The van der Waals surface area contributed by atoms with Crippen LogP contribution in [0.25, 0.3) is 0 Å². The maximum atomic E-state index is 13.4. The zero-order chi connectivity index (χ0) is 13.6. The van der Waals surface area contributed by atoms with Crippen molar-refractivity contribution in [2.45, 2.75) is 43.9 Å². The Hall–Kier alpha value is -1.62. The normalized spacial score (nSPS) is 29.6. The highest BCUT2D eigenvalue weighted by molar-refractivity contribution is 5.95. The number of benzene rings is 1. The van der Waals surface area contributed by atoms with Gasteiger partial charge >= 0.3 is 0 Å². The van der Waals surface area contributed by atoms with Gasteiger partial charge in [-0.15, -0.1) is 0 Å². The molecule has 0 spiro atoms. The minimum Gasteiger partial charge on any atom is -0.396 e. The second-order valence-electron chi connectivity index (χ2n) is 5.46. The molecule has 1 amide bonds. The summed E-state index contributed by atoms with van der Waals surface area (Å²) >= 11 is 0. The van der Waals surface area contributed by atoms with Gasteiger partial charge in [-0.25, -0.2) is 4.39 Å². The molecule has 5 heteroatoms. The van der Waals surface area contributed by atoms with Gasteiger partial charge in [0.05, 0.1) is 11.8 Å². The number of rotatable bonds is 1. The lowest BCUT2D eigenvalue weighted by Gasteiger charge is -2.37. The molecule has 2 atom stereocenters. The second kappa shape index (κ2) is 4.49. The number of hydrogen-bond donors (Lipinski definition) is 2. The number of anilines is 1. The molecule has 3 N–H and O–H groups in total. The summed E-state index contributed by atoms with van der Waals surface area (Å²) < 4.78 is 13.4. The second-order valence-corrected chi connectivity index (χ2v) is 5.46. The van der Waals surface area contributed by atoms with Gasteiger partial charge in [0, 0.05) is 17.6 Å². The van der Waals surface area contributed by atoms with Crippen LogP contribution in [0.4, 0.5) is 10.1 Å². The first-order valence-electron chi connectivity index (χ1n) is 6.62. The van der Waals surface area contributed by atoms with E-state index in [1.807, 2.05) is 4.90 Å². The number of nitrogens with two attached hydrogens (primary N) is 1. The molecule has 0 aromatic heterocycles. The molecule has 1 aromatic carbocycles. The number of amides is 1. The predicted octanol–water partition coefficient (Wildman–Crippen LogP) is 1.54. The van der Waals surface area contributed by atoms with Crippen LogP contribution >= 0.6 is 0 Å². The minimum absolute atomic E-state index is 0.0496. The fourth-order valence-corrected chi connectivity index (χ4v) is 3.29. The number of aliphatic hydroxyl groups is 1. The molecule has 2 aliphatic rings. The molecule has 4 nitrogen and oxygen atoms in total. The highest BCUT2D eigenvalue weighted by Gasteiger charge is 2.42. The number of carbonyl (C=O) groups excluding carboxylic acids is 1. The van der Waals surface area contributed by atoms with Gasteiger partial charge in [0.2, 0.25) is 0 Å². The average Bonchev–Trinajstić information content (AvgIpc) is 2.64. The van der Waals surface area contributed by atoms with E-state index in [4.69, 9.17) is 5.73 Å². The molecule has 102 valence electrons. The Labute approximate surface area is 111 Å². The monoisotopic (exact) mass is 264 g/mol. The van der Waals surface area contributed by atoms with E-state index in [0.717, 1.165) is 12.8 Å². The molecule has 2 bridgehead atoms. The highest BCUT2D eigenvalue weighted by atomic mass is 19.1. The summed E-state index contributed by atoms with van der Waals surface area (Å²) in [5.41, 5.74) is 5.80. The van der Waals surface area contributed by atoms with Crippen LogP contribution in [0.2, 0.25) is 0 Å². The van der Waals surface area contributed by atoms with Crippen molar-refractivity contribution in [3.05, 3.63) is 29.6 Å². The van der Waals surface area contributed by atoms with Crippen LogP contribution in [0.1, 0.15) is 36.0 Å². The summed E-state index contributed by atoms with van der Waals surface area (Å²) in [4.78, 5) is 14.3. The van der Waals surface area contributed by atoms with Crippen LogP contribution in [0.15, 0.2) is 18.2 Å². The number of piperidine rings is 1. The molecule has 3 rings (SSSR count). The van der Waals surface area contributed by atoms with Crippen LogP contribution in [-0.4, -0.2) is 34.1 Å². The summed E-state index contributed by atoms with van der Waals surface area (Å²) in [6, 6.07) is 4.35. The van der Waals surface area contributed by atoms with Crippen molar-refractivity contribution in [2.75, 3.05) is 5.73 Å². The minimum atomic E-state index is -0.560. The van der Waals surface area contributed by atoms with Crippen LogP contribution in [0.5, 0.6) is 0 Å². The van der Waals surface area contributed by atoms with E-state index in [0.29, 0.717) is 18.4 Å². The summed E-state index contributed by atoms with van der Waals surface area (Å²) in [5, 5.41) is 9.73. The van der Waals surface area contributed by atoms with Gasteiger partial charge < -0.3 is 15.7 Å². The summed E-state index contributed by atoms with van der Waals surface area (Å²) in [7, 11) is 0. The Bertz CT molecular complexity index is 506. The van der Waals surface area contributed by atoms with Gasteiger partial charge in [-0.3, -0.25) is 4.79 Å². The molecule has 1 aromatic rings. The van der Waals surface area contributed by atoms with Crippen LogP contribution in [0, 0.1) is 5.82 Å². The van der Waals surface area contributed by atoms with Gasteiger partial charge in [0.1, 0.15) is 5.82 Å². The summed E-state index contributed by atoms with van der Waals surface area (Å²) in [6.07, 6.45) is 2.78. The van der Waals surface area contributed by atoms with E-state index in [2.05, 4.69) is 0 Å². The fraction of sp³-hybridized carbons (Fsp3) is 0.500. The maximum absolute atomic E-state index is 13.4. The van der Waals surface area contributed by atoms with Crippen molar-refractivity contribution in [2.24, 2.45) is 0 Å². The molecule has 0 aliphatic carbocycles. The maximum Gasteiger partial charge on any atom is 0.254 e. The van der Waals surface area contributed by atoms with Crippen LogP contribution in [-0.2, 0) is 0 Å². The quantitative estimate of drug-likeness (QED) is 0.756. The molecular formula is C14H17FN2O2.